The smallest absolute Gasteiger partial charge is 0.214 e. The first-order valence-electron chi connectivity index (χ1n) is 3.83. The molecule has 1 aromatic heterocycles. The average molecular weight is 179 g/mol. The molecule has 1 heterocycles. The highest BCUT2D eigenvalue weighted by Crippen LogP contribution is 2.30. The minimum atomic E-state index is -1.66. The fourth-order valence-electron chi connectivity index (χ4n) is 1.28. The van der Waals surface area contributed by atoms with E-state index in [-0.39, 0.29) is 11.4 Å². The molecule has 0 spiro atoms. The van der Waals surface area contributed by atoms with Gasteiger partial charge in [0.15, 0.2) is 5.76 Å². The van der Waals surface area contributed by atoms with Crippen LogP contribution in [0.15, 0.2) is 28.7 Å². The van der Waals surface area contributed by atoms with Crippen molar-refractivity contribution in [3.63, 3.8) is 0 Å². The third-order valence-electron chi connectivity index (χ3n) is 1.90. The molecule has 0 bridgehead atoms. The standard InChI is InChI=1S/C9H9NO3/c10-7-5-3-1-2-4-6(5)13-8(7)9(11)12/h1-4,9,11-12H,10H2. The number of aliphatic hydroxyl groups is 2. The van der Waals surface area contributed by atoms with Crippen LogP contribution in [0.1, 0.15) is 12.1 Å². The van der Waals surface area contributed by atoms with Gasteiger partial charge in [-0.25, -0.2) is 0 Å². The van der Waals surface area contributed by atoms with E-state index in [2.05, 4.69) is 0 Å². The fraction of sp³-hybridized carbons (Fsp3) is 0.111. The maximum atomic E-state index is 8.89. The van der Waals surface area contributed by atoms with E-state index in [4.69, 9.17) is 20.4 Å². The van der Waals surface area contributed by atoms with Gasteiger partial charge in [-0.1, -0.05) is 12.1 Å². The third-order valence-corrected chi connectivity index (χ3v) is 1.90. The highest BCUT2D eigenvalue weighted by Gasteiger charge is 2.15. The Morgan fingerprint density at radius 1 is 1.23 bits per heavy atom. The molecule has 0 unspecified atom stereocenters. The van der Waals surface area contributed by atoms with Crippen molar-refractivity contribution in [2.45, 2.75) is 6.29 Å². The van der Waals surface area contributed by atoms with Crippen LogP contribution in [0, 0.1) is 0 Å². The monoisotopic (exact) mass is 179 g/mol. The fourth-order valence-corrected chi connectivity index (χ4v) is 1.28. The molecule has 0 aliphatic rings. The second kappa shape index (κ2) is 2.76. The van der Waals surface area contributed by atoms with Crippen LogP contribution in [0.25, 0.3) is 11.0 Å². The summed E-state index contributed by atoms with van der Waals surface area (Å²) in [6, 6.07) is 7.08. The van der Waals surface area contributed by atoms with Gasteiger partial charge in [-0.2, -0.15) is 0 Å². The van der Waals surface area contributed by atoms with Crippen LogP contribution in [-0.4, -0.2) is 10.2 Å². The predicted octanol–water partition coefficient (Wildman–Crippen LogP) is 0.998. The number of hydrogen-bond acceptors (Lipinski definition) is 4. The SMILES string of the molecule is Nc1c(C(O)O)oc2ccccc12. The molecule has 13 heavy (non-hydrogen) atoms. The van der Waals surface area contributed by atoms with Crippen LogP contribution < -0.4 is 5.73 Å². The summed E-state index contributed by atoms with van der Waals surface area (Å²) in [4.78, 5) is 0. The number of rotatable bonds is 1. The third kappa shape index (κ3) is 1.16. The molecule has 0 radical (unpaired) electrons. The van der Waals surface area contributed by atoms with Gasteiger partial charge in [0.1, 0.15) is 5.58 Å². The molecule has 0 aliphatic carbocycles. The van der Waals surface area contributed by atoms with Crippen LogP contribution in [0.5, 0.6) is 0 Å². The van der Waals surface area contributed by atoms with E-state index in [1.807, 2.05) is 6.07 Å². The van der Waals surface area contributed by atoms with E-state index >= 15 is 0 Å². The number of nitrogens with two attached hydrogens (primary N) is 1. The Hall–Kier alpha value is -1.52. The van der Waals surface area contributed by atoms with Crippen molar-refractivity contribution in [2.24, 2.45) is 0 Å². The second-order valence-corrected chi connectivity index (χ2v) is 2.75. The molecule has 0 atom stereocenters. The molecule has 2 aromatic rings. The summed E-state index contributed by atoms with van der Waals surface area (Å²) in [6.07, 6.45) is -1.66. The first kappa shape index (κ1) is 8.10. The van der Waals surface area contributed by atoms with Crippen molar-refractivity contribution in [3.8, 4) is 0 Å². The summed E-state index contributed by atoms with van der Waals surface area (Å²) >= 11 is 0. The Kier molecular flexibility index (Phi) is 1.72. The zero-order valence-corrected chi connectivity index (χ0v) is 6.77. The molecule has 4 heteroatoms. The Morgan fingerprint density at radius 3 is 2.54 bits per heavy atom. The normalized spacial score (nSPS) is 11.3. The van der Waals surface area contributed by atoms with Gasteiger partial charge >= 0.3 is 0 Å². The summed E-state index contributed by atoms with van der Waals surface area (Å²) in [5.74, 6) is 0.00111. The Morgan fingerprint density at radius 2 is 1.92 bits per heavy atom. The van der Waals surface area contributed by atoms with E-state index in [1.165, 1.54) is 0 Å². The summed E-state index contributed by atoms with van der Waals surface area (Å²) in [5.41, 5.74) is 6.47. The highest BCUT2D eigenvalue weighted by atomic mass is 16.5. The summed E-state index contributed by atoms with van der Waals surface area (Å²) in [5, 5.41) is 18.5. The zero-order chi connectivity index (χ0) is 9.42. The molecule has 2 rings (SSSR count). The van der Waals surface area contributed by atoms with Crippen LogP contribution in [0.4, 0.5) is 5.69 Å². The van der Waals surface area contributed by atoms with Gasteiger partial charge in [0.2, 0.25) is 6.29 Å². The average Bonchev–Trinajstić information content (AvgIpc) is 2.45. The number of fused-ring (bicyclic) bond motifs is 1. The summed E-state index contributed by atoms with van der Waals surface area (Å²) in [7, 11) is 0. The zero-order valence-electron chi connectivity index (χ0n) is 6.77. The number of hydrogen-bond donors (Lipinski definition) is 3. The highest BCUT2D eigenvalue weighted by molar-refractivity contribution is 5.90. The Labute approximate surface area is 74.2 Å². The minimum absolute atomic E-state index is 0.00111. The lowest BCUT2D eigenvalue weighted by Gasteiger charge is -1.98. The number of aliphatic hydroxyl groups excluding tert-OH is 1. The van der Waals surface area contributed by atoms with E-state index < -0.39 is 6.29 Å². The molecular weight excluding hydrogens is 170 g/mol. The second-order valence-electron chi connectivity index (χ2n) is 2.75. The Balaban J connectivity index is 2.74. The molecule has 0 fully saturated rings. The molecule has 4 N–H and O–H groups in total. The lowest BCUT2D eigenvalue weighted by Crippen LogP contribution is -1.96. The first-order chi connectivity index (χ1) is 6.20. The topological polar surface area (TPSA) is 79.6 Å². The van der Waals surface area contributed by atoms with Crippen molar-refractivity contribution in [2.75, 3.05) is 5.73 Å². The Bertz CT molecular complexity index is 433. The van der Waals surface area contributed by atoms with Gasteiger partial charge in [-0.3, -0.25) is 0 Å². The molecule has 4 nitrogen and oxygen atoms in total. The van der Waals surface area contributed by atoms with Gasteiger partial charge in [0, 0.05) is 5.39 Å². The summed E-state index contributed by atoms with van der Waals surface area (Å²) < 4.78 is 5.14. The van der Waals surface area contributed by atoms with Gasteiger partial charge in [0.25, 0.3) is 0 Å². The van der Waals surface area contributed by atoms with Gasteiger partial charge in [-0.05, 0) is 12.1 Å². The van der Waals surface area contributed by atoms with Crippen LogP contribution >= 0.6 is 0 Å². The molecule has 1 aromatic carbocycles. The number of furan rings is 1. The minimum Gasteiger partial charge on any atom is -0.453 e. The lowest BCUT2D eigenvalue weighted by atomic mass is 10.2. The molecule has 0 amide bonds. The van der Waals surface area contributed by atoms with Gasteiger partial charge < -0.3 is 20.4 Å². The number of para-hydroxylation sites is 1. The molecule has 68 valence electrons. The largest absolute Gasteiger partial charge is 0.453 e. The predicted molar refractivity (Wildman–Crippen MR) is 47.8 cm³/mol. The molecular formula is C9H9NO3. The number of anilines is 1. The maximum Gasteiger partial charge on any atom is 0.214 e. The van der Waals surface area contributed by atoms with Gasteiger partial charge in [0.05, 0.1) is 5.69 Å². The molecule has 0 saturated carbocycles. The van der Waals surface area contributed by atoms with E-state index in [0.717, 1.165) is 0 Å². The van der Waals surface area contributed by atoms with E-state index in [9.17, 15) is 0 Å². The van der Waals surface area contributed by atoms with Crippen molar-refractivity contribution in [3.05, 3.63) is 30.0 Å². The van der Waals surface area contributed by atoms with E-state index in [1.54, 1.807) is 18.2 Å². The van der Waals surface area contributed by atoms with Crippen LogP contribution in [0.2, 0.25) is 0 Å². The molecule has 0 aliphatic heterocycles. The van der Waals surface area contributed by atoms with Crippen molar-refractivity contribution < 1.29 is 14.6 Å². The quantitative estimate of drug-likeness (QED) is 0.570. The number of benzene rings is 1. The lowest BCUT2D eigenvalue weighted by molar-refractivity contribution is -0.0563. The molecule has 0 saturated heterocycles. The van der Waals surface area contributed by atoms with Gasteiger partial charge in [-0.15, -0.1) is 0 Å². The van der Waals surface area contributed by atoms with Crippen molar-refractivity contribution in [1.29, 1.82) is 0 Å². The maximum absolute atomic E-state index is 8.89. The van der Waals surface area contributed by atoms with Crippen LogP contribution in [0.3, 0.4) is 0 Å². The van der Waals surface area contributed by atoms with E-state index in [0.29, 0.717) is 11.0 Å². The first-order valence-corrected chi connectivity index (χ1v) is 3.83. The van der Waals surface area contributed by atoms with Crippen LogP contribution in [-0.2, 0) is 0 Å². The van der Waals surface area contributed by atoms with Crippen molar-refractivity contribution in [1.82, 2.24) is 0 Å². The van der Waals surface area contributed by atoms with Crippen molar-refractivity contribution >= 4 is 16.7 Å². The summed E-state index contributed by atoms with van der Waals surface area (Å²) in [6.45, 7) is 0. The number of nitrogen functional groups attached to an aromatic ring is 1.